The van der Waals surface area contributed by atoms with E-state index in [2.05, 4.69) is 20.8 Å². The van der Waals surface area contributed by atoms with Gasteiger partial charge in [-0.2, -0.15) is 4.98 Å². The van der Waals surface area contributed by atoms with Gasteiger partial charge >= 0.3 is 0 Å². The molecule has 1 amide bonds. The number of benzene rings is 2. The summed E-state index contributed by atoms with van der Waals surface area (Å²) in [4.78, 5) is 16.5. The van der Waals surface area contributed by atoms with Crippen LogP contribution in [0.1, 0.15) is 28.7 Å². The van der Waals surface area contributed by atoms with Gasteiger partial charge in [0.25, 0.3) is 5.91 Å². The second-order valence-electron chi connectivity index (χ2n) is 6.32. The lowest BCUT2D eigenvalue weighted by atomic mass is 10.1. The van der Waals surface area contributed by atoms with E-state index < -0.39 is 0 Å². The highest BCUT2D eigenvalue weighted by Gasteiger charge is 2.15. The van der Waals surface area contributed by atoms with Gasteiger partial charge in [-0.15, -0.1) is 0 Å². The lowest BCUT2D eigenvalue weighted by Crippen LogP contribution is -2.22. The number of hydrogen-bond acceptors (Lipinski definition) is 7. The first kappa shape index (κ1) is 20.2. The quantitative estimate of drug-likeness (QED) is 0.602. The van der Waals surface area contributed by atoms with Crippen LogP contribution in [0, 0.1) is 6.92 Å². The van der Waals surface area contributed by atoms with Crippen molar-refractivity contribution in [3.8, 4) is 22.9 Å². The summed E-state index contributed by atoms with van der Waals surface area (Å²) in [6.45, 7) is 4.75. The highest BCUT2D eigenvalue weighted by molar-refractivity contribution is 5.95. The number of aryl methyl sites for hydroxylation is 1. The number of carbonyl (C=O) groups is 1. The molecule has 0 bridgehead atoms. The first-order valence-electron chi connectivity index (χ1n) is 9.23. The average Bonchev–Trinajstić information content (AvgIpc) is 3.21. The first-order valence-corrected chi connectivity index (χ1v) is 9.23. The summed E-state index contributed by atoms with van der Waals surface area (Å²) in [6.07, 6.45) is 0. The van der Waals surface area contributed by atoms with Crippen LogP contribution in [0.15, 0.2) is 40.9 Å². The molecule has 3 aromatic rings. The molecule has 0 atom stereocenters. The topological polar surface area (TPSA) is 98.5 Å². The van der Waals surface area contributed by atoms with Gasteiger partial charge in [0, 0.05) is 23.9 Å². The van der Waals surface area contributed by atoms with Gasteiger partial charge in [-0.1, -0.05) is 11.2 Å². The van der Waals surface area contributed by atoms with E-state index in [4.69, 9.17) is 14.0 Å². The molecule has 0 saturated carbocycles. The molecule has 2 aromatic carbocycles. The van der Waals surface area contributed by atoms with E-state index in [9.17, 15) is 4.79 Å². The number of carbonyl (C=O) groups excluding carboxylic acids is 1. The molecule has 0 spiro atoms. The van der Waals surface area contributed by atoms with Crippen LogP contribution >= 0.6 is 0 Å². The molecule has 0 saturated heterocycles. The van der Waals surface area contributed by atoms with E-state index in [0.717, 1.165) is 11.3 Å². The molecule has 0 fully saturated rings. The summed E-state index contributed by atoms with van der Waals surface area (Å²) in [6, 6.07) is 10.9. The van der Waals surface area contributed by atoms with Crippen molar-refractivity contribution in [2.45, 2.75) is 20.4 Å². The van der Waals surface area contributed by atoms with Crippen molar-refractivity contribution in [3.63, 3.8) is 0 Å². The second-order valence-corrected chi connectivity index (χ2v) is 6.32. The minimum Gasteiger partial charge on any atom is -0.497 e. The molecule has 152 valence electrons. The maximum Gasteiger partial charge on any atom is 0.251 e. The summed E-state index contributed by atoms with van der Waals surface area (Å²) < 4.78 is 16.0. The fourth-order valence-electron chi connectivity index (χ4n) is 2.81. The standard InChI is InChI=1S/C21H24N4O4/c1-5-22-21(26)14-7-6-13(2)17(10-14)23-12-19-24-20(25-29-19)16-9-8-15(27-3)11-18(16)28-4/h6-11,23H,5,12H2,1-4H3,(H,22,26). The third-order valence-corrected chi connectivity index (χ3v) is 4.38. The van der Waals surface area contributed by atoms with Crippen LogP contribution in [0.2, 0.25) is 0 Å². The highest BCUT2D eigenvalue weighted by atomic mass is 16.5. The Morgan fingerprint density at radius 1 is 1.14 bits per heavy atom. The van der Waals surface area contributed by atoms with Gasteiger partial charge in [-0.25, -0.2) is 0 Å². The summed E-state index contributed by atoms with van der Waals surface area (Å²) in [5.41, 5.74) is 3.14. The smallest absolute Gasteiger partial charge is 0.251 e. The van der Waals surface area contributed by atoms with Gasteiger partial charge in [-0.3, -0.25) is 4.79 Å². The summed E-state index contributed by atoms with van der Waals surface area (Å²) in [5.74, 6) is 2.01. The van der Waals surface area contributed by atoms with E-state index in [1.165, 1.54) is 0 Å². The van der Waals surface area contributed by atoms with E-state index in [1.54, 1.807) is 26.4 Å². The molecule has 0 unspecified atom stereocenters. The molecular weight excluding hydrogens is 372 g/mol. The third kappa shape index (κ3) is 4.66. The van der Waals surface area contributed by atoms with Crippen LogP contribution in [0.4, 0.5) is 5.69 Å². The monoisotopic (exact) mass is 396 g/mol. The van der Waals surface area contributed by atoms with Gasteiger partial charge < -0.3 is 24.6 Å². The number of nitrogens with one attached hydrogen (secondary N) is 2. The number of amides is 1. The van der Waals surface area contributed by atoms with Crippen molar-refractivity contribution in [3.05, 3.63) is 53.4 Å². The molecule has 0 radical (unpaired) electrons. The van der Waals surface area contributed by atoms with Crippen molar-refractivity contribution in [2.24, 2.45) is 0 Å². The maximum atomic E-state index is 12.0. The Bertz CT molecular complexity index is 1000. The number of anilines is 1. The zero-order valence-corrected chi connectivity index (χ0v) is 16.9. The van der Waals surface area contributed by atoms with Crippen LogP contribution < -0.4 is 20.1 Å². The van der Waals surface area contributed by atoms with Gasteiger partial charge in [-0.05, 0) is 43.7 Å². The number of methoxy groups -OCH3 is 2. The minimum atomic E-state index is -0.109. The normalized spacial score (nSPS) is 10.5. The number of rotatable bonds is 8. The Morgan fingerprint density at radius 3 is 2.69 bits per heavy atom. The lowest BCUT2D eigenvalue weighted by Gasteiger charge is -2.10. The fraction of sp³-hybridized carbons (Fsp3) is 0.286. The Hall–Kier alpha value is -3.55. The Labute approximate surface area is 169 Å². The number of aromatic nitrogens is 2. The molecule has 0 aliphatic rings. The fourth-order valence-corrected chi connectivity index (χ4v) is 2.81. The maximum absolute atomic E-state index is 12.0. The third-order valence-electron chi connectivity index (χ3n) is 4.38. The molecule has 2 N–H and O–H groups in total. The molecule has 3 rings (SSSR count). The molecule has 1 aromatic heterocycles. The first-order chi connectivity index (χ1) is 14.0. The molecule has 1 heterocycles. The Morgan fingerprint density at radius 2 is 1.97 bits per heavy atom. The van der Waals surface area contributed by atoms with Crippen LogP contribution in [-0.4, -0.2) is 36.8 Å². The SMILES string of the molecule is CCNC(=O)c1ccc(C)c(NCc2nc(-c3ccc(OC)cc3OC)no2)c1. The van der Waals surface area contributed by atoms with Crippen molar-refractivity contribution in [1.29, 1.82) is 0 Å². The number of ether oxygens (including phenoxy) is 2. The second kappa shape index (κ2) is 9.09. The summed E-state index contributed by atoms with van der Waals surface area (Å²) >= 11 is 0. The molecule has 0 aliphatic carbocycles. The Kier molecular flexibility index (Phi) is 6.33. The molecule has 8 heteroatoms. The molecule has 0 aliphatic heterocycles. The van der Waals surface area contributed by atoms with Gasteiger partial charge in [0.1, 0.15) is 11.5 Å². The van der Waals surface area contributed by atoms with Gasteiger partial charge in [0.15, 0.2) is 0 Å². The van der Waals surface area contributed by atoms with Crippen LogP contribution in [0.25, 0.3) is 11.4 Å². The highest BCUT2D eigenvalue weighted by Crippen LogP contribution is 2.31. The predicted molar refractivity (Wildman–Crippen MR) is 109 cm³/mol. The Balaban J connectivity index is 1.75. The van der Waals surface area contributed by atoms with Crippen molar-refractivity contribution < 1.29 is 18.8 Å². The summed E-state index contributed by atoms with van der Waals surface area (Å²) in [7, 11) is 3.17. The lowest BCUT2D eigenvalue weighted by molar-refractivity contribution is 0.0956. The minimum absolute atomic E-state index is 0.109. The van der Waals surface area contributed by atoms with Crippen LogP contribution in [-0.2, 0) is 6.54 Å². The van der Waals surface area contributed by atoms with Gasteiger partial charge in [0.2, 0.25) is 11.7 Å². The van der Waals surface area contributed by atoms with Crippen LogP contribution in [0.3, 0.4) is 0 Å². The average molecular weight is 396 g/mol. The largest absolute Gasteiger partial charge is 0.497 e. The van der Waals surface area contributed by atoms with E-state index in [-0.39, 0.29) is 5.91 Å². The zero-order valence-electron chi connectivity index (χ0n) is 16.9. The molecule has 8 nitrogen and oxygen atoms in total. The molecule has 29 heavy (non-hydrogen) atoms. The van der Waals surface area contributed by atoms with E-state index >= 15 is 0 Å². The summed E-state index contributed by atoms with van der Waals surface area (Å²) in [5, 5.41) is 10.1. The van der Waals surface area contributed by atoms with Gasteiger partial charge in [0.05, 0.1) is 26.3 Å². The number of hydrogen-bond donors (Lipinski definition) is 2. The zero-order chi connectivity index (χ0) is 20.8. The number of nitrogens with zero attached hydrogens (tertiary/aromatic N) is 2. The predicted octanol–water partition coefficient (Wildman–Crippen LogP) is 3.42. The van der Waals surface area contributed by atoms with Crippen molar-refractivity contribution in [1.82, 2.24) is 15.5 Å². The molecular formula is C21H24N4O4. The van der Waals surface area contributed by atoms with E-state index in [1.807, 2.05) is 38.1 Å². The van der Waals surface area contributed by atoms with Crippen LogP contribution in [0.5, 0.6) is 11.5 Å². The van der Waals surface area contributed by atoms with Crippen molar-refractivity contribution >= 4 is 11.6 Å². The van der Waals surface area contributed by atoms with Crippen molar-refractivity contribution in [2.75, 3.05) is 26.1 Å². The van der Waals surface area contributed by atoms with E-state index in [0.29, 0.717) is 47.4 Å².